The summed E-state index contributed by atoms with van der Waals surface area (Å²) in [6.45, 7) is 3.40. The van der Waals surface area contributed by atoms with Crippen LogP contribution >= 0.6 is 0 Å². The molecule has 118 valence electrons. The molecule has 3 heterocycles. The highest BCUT2D eigenvalue weighted by Gasteiger charge is 2.45. The quantitative estimate of drug-likeness (QED) is 0.945. The van der Waals surface area contributed by atoms with Crippen LogP contribution in [0.3, 0.4) is 0 Å². The van der Waals surface area contributed by atoms with Gasteiger partial charge in [-0.1, -0.05) is 6.42 Å². The number of nitrogens with zero attached hydrogens (tertiary/aromatic N) is 2. The van der Waals surface area contributed by atoms with E-state index in [0.29, 0.717) is 11.5 Å². The van der Waals surface area contributed by atoms with Crippen LogP contribution in [-0.4, -0.2) is 41.2 Å². The van der Waals surface area contributed by atoms with Gasteiger partial charge in [0.15, 0.2) is 0 Å². The average Bonchev–Trinajstić information content (AvgIpc) is 3.12. The maximum absolute atomic E-state index is 5.82. The molecule has 0 radical (unpaired) electrons. The first-order valence-electron chi connectivity index (χ1n) is 8.47. The number of aromatic amines is 1. The first-order valence-corrected chi connectivity index (χ1v) is 8.47. The Morgan fingerprint density at radius 3 is 3.23 bits per heavy atom. The third kappa shape index (κ3) is 2.34. The van der Waals surface area contributed by atoms with Crippen LogP contribution in [-0.2, 0) is 11.3 Å². The number of H-pyrrole nitrogens is 1. The fourth-order valence-electron chi connectivity index (χ4n) is 4.72. The molecule has 22 heavy (non-hydrogen) atoms. The van der Waals surface area contributed by atoms with Crippen molar-refractivity contribution < 1.29 is 4.74 Å². The molecule has 2 aliphatic rings. The van der Waals surface area contributed by atoms with Crippen molar-refractivity contribution >= 4 is 11.0 Å². The molecule has 1 saturated carbocycles. The summed E-state index contributed by atoms with van der Waals surface area (Å²) < 4.78 is 5.82. The number of piperidine rings is 1. The second-order valence-electron chi connectivity index (χ2n) is 7.01. The molecule has 4 nitrogen and oxygen atoms in total. The van der Waals surface area contributed by atoms with E-state index in [2.05, 4.69) is 27.1 Å². The Labute approximate surface area is 131 Å². The lowest BCUT2D eigenvalue weighted by Gasteiger charge is -2.43. The summed E-state index contributed by atoms with van der Waals surface area (Å²) in [6.07, 6.45) is 10.9. The number of aromatic nitrogens is 2. The molecular weight excluding hydrogens is 274 g/mol. The van der Waals surface area contributed by atoms with Gasteiger partial charge in [0.1, 0.15) is 5.65 Å². The minimum Gasteiger partial charge on any atom is -0.381 e. The Hall–Kier alpha value is -1.39. The first-order chi connectivity index (χ1) is 10.8. The molecule has 4 rings (SSSR count). The predicted octanol–water partition coefficient (Wildman–Crippen LogP) is 3.34. The highest BCUT2D eigenvalue weighted by Crippen LogP contribution is 2.46. The summed E-state index contributed by atoms with van der Waals surface area (Å²) in [6, 6.07) is 4.19. The van der Waals surface area contributed by atoms with Crippen molar-refractivity contribution in [2.24, 2.45) is 5.41 Å². The molecule has 2 aromatic rings. The standard InChI is InChI=1S/C18H25N3O/c1-22-16-6-2-7-18(16)8-4-10-21(13-18)12-14-11-20-17-15(14)5-3-9-19-17/h3,5,9,11,16H,2,4,6-8,10,12-13H2,1H3,(H,19,20)/t16-,18+/m1/s1. The smallest absolute Gasteiger partial charge is 0.137 e. The summed E-state index contributed by atoms with van der Waals surface area (Å²) in [7, 11) is 1.89. The topological polar surface area (TPSA) is 41.1 Å². The van der Waals surface area contributed by atoms with Gasteiger partial charge in [-0.15, -0.1) is 0 Å². The second-order valence-corrected chi connectivity index (χ2v) is 7.01. The summed E-state index contributed by atoms with van der Waals surface area (Å²) >= 11 is 0. The van der Waals surface area contributed by atoms with Gasteiger partial charge in [-0.25, -0.2) is 4.98 Å². The van der Waals surface area contributed by atoms with Gasteiger partial charge in [-0.05, 0) is 49.9 Å². The summed E-state index contributed by atoms with van der Waals surface area (Å²) in [5, 5.41) is 1.26. The monoisotopic (exact) mass is 299 g/mol. The molecule has 0 amide bonds. The molecule has 0 bridgehead atoms. The average molecular weight is 299 g/mol. The van der Waals surface area contributed by atoms with Gasteiger partial charge in [-0.3, -0.25) is 4.90 Å². The third-order valence-corrected chi connectivity index (χ3v) is 5.73. The molecule has 2 aromatic heterocycles. The second kappa shape index (κ2) is 5.67. The maximum atomic E-state index is 5.82. The molecule has 1 aliphatic carbocycles. The molecule has 1 N–H and O–H groups in total. The van der Waals surface area contributed by atoms with Gasteiger partial charge in [0, 0.05) is 43.4 Å². The Morgan fingerprint density at radius 1 is 1.41 bits per heavy atom. The minimum atomic E-state index is 0.400. The highest BCUT2D eigenvalue weighted by atomic mass is 16.5. The van der Waals surface area contributed by atoms with Gasteiger partial charge in [0.05, 0.1) is 6.10 Å². The normalized spacial score (nSPS) is 29.6. The van der Waals surface area contributed by atoms with E-state index in [1.807, 2.05) is 19.4 Å². The minimum absolute atomic E-state index is 0.400. The van der Waals surface area contributed by atoms with Crippen molar-refractivity contribution in [1.82, 2.24) is 14.9 Å². The number of hydrogen-bond donors (Lipinski definition) is 1. The largest absolute Gasteiger partial charge is 0.381 e. The zero-order valence-corrected chi connectivity index (χ0v) is 13.3. The Bertz CT molecular complexity index is 653. The van der Waals surface area contributed by atoms with Gasteiger partial charge >= 0.3 is 0 Å². The van der Waals surface area contributed by atoms with Gasteiger partial charge < -0.3 is 9.72 Å². The number of ether oxygens (including phenoxy) is 1. The molecule has 1 saturated heterocycles. The molecule has 2 atom stereocenters. The zero-order chi connectivity index (χ0) is 15.0. The van der Waals surface area contributed by atoms with Crippen molar-refractivity contribution in [3.8, 4) is 0 Å². The van der Waals surface area contributed by atoms with Crippen molar-refractivity contribution in [2.75, 3.05) is 20.2 Å². The number of hydrogen-bond acceptors (Lipinski definition) is 3. The number of methoxy groups -OCH3 is 1. The van der Waals surface area contributed by atoms with Crippen molar-refractivity contribution in [3.63, 3.8) is 0 Å². The number of nitrogens with one attached hydrogen (secondary N) is 1. The Morgan fingerprint density at radius 2 is 2.32 bits per heavy atom. The van der Waals surface area contributed by atoms with Gasteiger partial charge in [-0.2, -0.15) is 0 Å². The SMILES string of the molecule is CO[C@@H]1CCC[C@@]12CCCN(Cc1c[nH]c3ncccc13)C2. The molecule has 1 spiro atoms. The van der Waals surface area contributed by atoms with Crippen LogP contribution in [0.5, 0.6) is 0 Å². The molecule has 2 fully saturated rings. The van der Waals surface area contributed by atoms with Crippen molar-refractivity contribution in [1.29, 1.82) is 0 Å². The lowest BCUT2D eigenvalue weighted by molar-refractivity contribution is -0.0365. The van der Waals surface area contributed by atoms with E-state index in [1.165, 1.54) is 56.1 Å². The molecule has 4 heteroatoms. The summed E-state index contributed by atoms with van der Waals surface area (Å²) in [4.78, 5) is 10.3. The van der Waals surface area contributed by atoms with E-state index in [9.17, 15) is 0 Å². The van der Waals surface area contributed by atoms with E-state index in [4.69, 9.17) is 4.74 Å². The zero-order valence-electron chi connectivity index (χ0n) is 13.3. The van der Waals surface area contributed by atoms with E-state index >= 15 is 0 Å². The summed E-state index contributed by atoms with van der Waals surface area (Å²) in [5.74, 6) is 0. The number of fused-ring (bicyclic) bond motifs is 1. The fourth-order valence-corrected chi connectivity index (χ4v) is 4.72. The lowest BCUT2D eigenvalue weighted by Crippen LogP contribution is -2.47. The van der Waals surface area contributed by atoms with Crippen LogP contribution in [0.4, 0.5) is 0 Å². The van der Waals surface area contributed by atoms with Crippen LogP contribution in [0.2, 0.25) is 0 Å². The maximum Gasteiger partial charge on any atom is 0.137 e. The van der Waals surface area contributed by atoms with E-state index in [1.54, 1.807) is 0 Å². The molecule has 0 aromatic carbocycles. The third-order valence-electron chi connectivity index (χ3n) is 5.73. The molecule has 0 unspecified atom stereocenters. The van der Waals surface area contributed by atoms with Crippen LogP contribution in [0.15, 0.2) is 24.5 Å². The molecular formula is C18H25N3O. The van der Waals surface area contributed by atoms with Gasteiger partial charge in [0.25, 0.3) is 0 Å². The number of pyridine rings is 1. The number of rotatable bonds is 3. The summed E-state index contributed by atoms with van der Waals surface area (Å²) in [5.41, 5.74) is 2.77. The van der Waals surface area contributed by atoms with Crippen molar-refractivity contribution in [2.45, 2.75) is 44.8 Å². The Balaban J connectivity index is 1.53. The lowest BCUT2D eigenvalue weighted by atomic mass is 9.76. The number of likely N-dealkylation sites (tertiary alicyclic amines) is 1. The van der Waals surface area contributed by atoms with Crippen LogP contribution in [0, 0.1) is 5.41 Å². The van der Waals surface area contributed by atoms with Crippen LogP contribution in [0.25, 0.3) is 11.0 Å². The van der Waals surface area contributed by atoms with Crippen LogP contribution < -0.4 is 0 Å². The van der Waals surface area contributed by atoms with Crippen molar-refractivity contribution in [3.05, 3.63) is 30.1 Å². The predicted molar refractivity (Wildman–Crippen MR) is 87.7 cm³/mol. The Kier molecular flexibility index (Phi) is 3.66. The van der Waals surface area contributed by atoms with E-state index in [-0.39, 0.29) is 0 Å². The van der Waals surface area contributed by atoms with E-state index in [0.717, 1.165) is 12.2 Å². The van der Waals surface area contributed by atoms with Gasteiger partial charge in [0.2, 0.25) is 0 Å². The highest BCUT2D eigenvalue weighted by molar-refractivity contribution is 5.79. The van der Waals surface area contributed by atoms with E-state index < -0.39 is 0 Å². The molecule has 1 aliphatic heterocycles. The fraction of sp³-hybridized carbons (Fsp3) is 0.611. The van der Waals surface area contributed by atoms with Crippen LogP contribution in [0.1, 0.15) is 37.7 Å². The first kappa shape index (κ1) is 14.2.